The minimum Gasteiger partial charge on any atom is -0.467 e. The van der Waals surface area contributed by atoms with E-state index < -0.39 is 11.8 Å². The van der Waals surface area contributed by atoms with Gasteiger partial charge in [0, 0.05) is 5.56 Å². The van der Waals surface area contributed by atoms with Gasteiger partial charge < -0.3 is 9.73 Å². The van der Waals surface area contributed by atoms with Crippen LogP contribution in [0.15, 0.2) is 52.2 Å². The van der Waals surface area contributed by atoms with Gasteiger partial charge in [-0.05, 0) is 30.5 Å². The lowest BCUT2D eigenvalue weighted by Crippen LogP contribution is -2.37. The van der Waals surface area contributed by atoms with E-state index >= 15 is 0 Å². The highest BCUT2D eigenvalue weighted by Gasteiger charge is 2.18. The zero-order valence-electron chi connectivity index (χ0n) is 11.8. The summed E-state index contributed by atoms with van der Waals surface area (Å²) in [6.45, 7) is 0.165. The average Bonchev–Trinajstić information content (AvgIpc) is 3.20. The zero-order valence-corrected chi connectivity index (χ0v) is 11.8. The van der Waals surface area contributed by atoms with Gasteiger partial charge in [-0.3, -0.25) is 9.59 Å². The molecule has 6 nitrogen and oxygen atoms in total. The summed E-state index contributed by atoms with van der Waals surface area (Å²) in [5, 5.41) is 6.53. The molecule has 0 radical (unpaired) electrons. The highest BCUT2D eigenvalue weighted by Crippen LogP contribution is 2.21. The van der Waals surface area contributed by atoms with Crippen molar-refractivity contribution in [2.75, 3.05) is 0 Å². The third-order valence-corrected chi connectivity index (χ3v) is 3.46. The van der Waals surface area contributed by atoms with Crippen LogP contribution < -0.4 is 10.7 Å². The summed E-state index contributed by atoms with van der Waals surface area (Å²) in [7, 11) is 0. The normalized spacial score (nSPS) is 14.6. The van der Waals surface area contributed by atoms with E-state index in [0.717, 1.165) is 24.1 Å². The molecule has 3 rings (SSSR count). The molecule has 2 amide bonds. The number of hydrogen-bond acceptors (Lipinski definition) is 4. The quantitative estimate of drug-likeness (QED) is 0.663. The first-order chi connectivity index (χ1) is 10.7. The average molecular weight is 297 g/mol. The molecule has 0 fully saturated rings. The van der Waals surface area contributed by atoms with E-state index in [9.17, 15) is 9.59 Å². The van der Waals surface area contributed by atoms with Gasteiger partial charge >= 0.3 is 11.8 Å². The second-order valence-electron chi connectivity index (χ2n) is 4.92. The minimum absolute atomic E-state index is 0.165. The molecule has 0 aliphatic heterocycles. The summed E-state index contributed by atoms with van der Waals surface area (Å²) in [6.07, 6.45) is 3.16. The maximum absolute atomic E-state index is 11.7. The van der Waals surface area contributed by atoms with Crippen LogP contribution in [-0.2, 0) is 22.6 Å². The molecule has 1 aromatic carbocycles. The second kappa shape index (κ2) is 6.26. The maximum Gasteiger partial charge on any atom is 0.329 e. The van der Waals surface area contributed by atoms with Crippen LogP contribution in [0, 0.1) is 0 Å². The lowest BCUT2D eigenvalue weighted by atomic mass is 10.1. The van der Waals surface area contributed by atoms with Crippen molar-refractivity contribution < 1.29 is 14.0 Å². The number of nitrogens with one attached hydrogen (secondary N) is 2. The van der Waals surface area contributed by atoms with Crippen LogP contribution >= 0.6 is 0 Å². The standard InChI is InChI=1S/C16H15N3O3/c20-15(17-10-12-5-3-9-22-12)16(21)19-18-14-8-7-11-4-1-2-6-13(11)14/h1-6,9H,7-8,10H2,(H,17,20)(H,19,21)/b18-14-. The molecule has 1 aliphatic carbocycles. The van der Waals surface area contributed by atoms with Crippen LogP contribution in [-0.4, -0.2) is 17.5 Å². The molecule has 6 heteroatoms. The molecule has 2 aromatic rings. The summed E-state index contributed by atoms with van der Waals surface area (Å²) in [6, 6.07) is 11.3. The summed E-state index contributed by atoms with van der Waals surface area (Å²) in [4.78, 5) is 23.4. The molecule has 0 saturated heterocycles. The Hall–Kier alpha value is -2.89. The van der Waals surface area contributed by atoms with E-state index in [0.29, 0.717) is 5.76 Å². The number of hydrogen-bond donors (Lipinski definition) is 2. The third-order valence-electron chi connectivity index (χ3n) is 3.46. The molecule has 2 N–H and O–H groups in total. The predicted octanol–water partition coefficient (Wildman–Crippen LogP) is 1.36. The minimum atomic E-state index is -0.788. The summed E-state index contributed by atoms with van der Waals surface area (Å²) >= 11 is 0. The van der Waals surface area contributed by atoms with E-state index in [1.165, 1.54) is 11.8 Å². The number of aryl methyl sites for hydroxylation is 1. The number of fused-ring (bicyclic) bond motifs is 1. The molecular weight excluding hydrogens is 282 g/mol. The lowest BCUT2D eigenvalue weighted by molar-refractivity contribution is -0.139. The first kappa shape index (κ1) is 14.1. The van der Waals surface area contributed by atoms with Gasteiger partial charge in [0.2, 0.25) is 0 Å². The van der Waals surface area contributed by atoms with Crippen molar-refractivity contribution >= 4 is 17.5 Å². The van der Waals surface area contributed by atoms with Gasteiger partial charge in [0.25, 0.3) is 0 Å². The van der Waals surface area contributed by atoms with Crippen LogP contribution in [0.25, 0.3) is 0 Å². The molecule has 1 heterocycles. The Labute approximate surface area is 127 Å². The number of nitrogens with zero attached hydrogens (tertiary/aromatic N) is 1. The highest BCUT2D eigenvalue weighted by atomic mass is 16.3. The number of furan rings is 1. The maximum atomic E-state index is 11.7. The summed E-state index contributed by atoms with van der Waals surface area (Å²) in [5.74, 6) is -0.951. The zero-order chi connectivity index (χ0) is 15.4. The molecule has 0 unspecified atom stereocenters. The Morgan fingerprint density at radius 1 is 1.09 bits per heavy atom. The van der Waals surface area contributed by atoms with E-state index in [2.05, 4.69) is 15.8 Å². The SMILES string of the molecule is O=C(NCc1ccco1)C(=O)N/N=C1/CCc2ccccc21. The number of hydrazone groups is 1. The monoisotopic (exact) mass is 297 g/mol. The molecule has 0 bridgehead atoms. The van der Waals surface area contributed by atoms with Gasteiger partial charge in [0.05, 0.1) is 18.5 Å². The molecule has 0 spiro atoms. The molecular formula is C16H15N3O3. The fourth-order valence-corrected chi connectivity index (χ4v) is 2.35. The van der Waals surface area contributed by atoms with Crippen molar-refractivity contribution in [2.24, 2.45) is 5.10 Å². The first-order valence-corrected chi connectivity index (χ1v) is 6.99. The van der Waals surface area contributed by atoms with Crippen LogP contribution in [0.1, 0.15) is 23.3 Å². The van der Waals surface area contributed by atoms with Crippen molar-refractivity contribution in [3.63, 3.8) is 0 Å². The predicted molar refractivity (Wildman–Crippen MR) is 80.0 cm³/mol. The van der Waals surface area contributed by atoms with Crippen LogP contribution in [0.4, 0.5) is 0 Å². The molecule has 1 aliphatic rings. The number of rotatable bonds is 3. The molecule has 0 atom stereocenters. The summed E-state index contributed by atoms with van der Waals surface area (Å²) < 4.78 is 5.07. The number of carbonyl (C=O) groups is 2. The smallest absolute Gasteiger partial charge is 0.329 e. The van der Waals surface area contributed by atoms with Crippen molar-refractivity contribution in [1.82, 2.24) is 10.7 Å². The highest BCUT2D eigenvalue weighted by molar-refractivity contribution is 6.35. The fourth-order valence-electron chi connectivity index (χ4n) is 2.35. The topological polar surface area (TPSA) is 83.7 Å². The van der Waals surface area contributed by atoms with Crippen LogP contribution in [0.2, 0.25) is 0 Å². The Balaban J connectivity index is 1.56. The Morgan fingerprint density at radius 3 is 2.77 bits per heavy atom. The van der Waals surface area contributed by atoms with E-state index in [4.69, 9.17) is 4.42 Å². The number of benzene rings is 1. The van der Waals surface area contributed by atoms with E-state index in [-0.39, 0.29) is 6.54 Å². The fraction of sp³-hybridized carbons (Fsp3) is 0.188. The van der Waals surface area contributed by atoms with Gasteiger partial charge in [0.1, 0.15) is 5.76 Å². The van der Waals surface area contributed by atoms with Gasteiger partial charge in [0.15, 0.2) is 0 Å². The van der Waals surface area contributed by atoms with Gasteiger partial charge in [-0.2, -0.15) is 5.10 Å². The largest absolute Gasteiger partial charge is 0.467 e. The Morgan fingerprint density at radius 2 is 1.95 bits per heavy atom. The second-order valence-corrected chi connectivity index (χ2v) is 4.92. The van der Waals surface area contributed by atoms with Gasteiger partial charge in [-0.15, -0.1) is 0 Å². The van der Waals surface area contributed by atoms with Crippen molar-refractivity contribution in [2.45, 2.75) is 19.4 Å². The first-order valence-electron chi connectivity index (χ1n) is 6.99. The van der Waals surface area contributed by atoms with Crippen LogP contribution in [0.5, 0.6) is 0 Å². The van der Waals surface area contributed by atoms with E-state index in [1.807, 2.05) is 24.3 Å². The lowest BCUT2D eigenvalue weighted by Gasteiger charge is -2.03. The van der Waals surface area contributed by atoms with Crippen molar-refractivity contribution in [3.05, 3.63) is 59.5 Å². The molecule has 1 aromatic heterocycles. The number of amides is 2. The third kappa shape index (κ3) is 3.06. The molecule has 112 valence electrons. The van der Waals surface area contributed by atoms with Crippen molar-refractivity contribution in [1.29, 1.82) is 0 Å². The van der Waals surface area contributed by atoms with Gasteiger partial charge in [-0.25, -0.2) is 5.43 Å². The summed E-state index contributed by atoms with van der Waals surface area (Å²) in [5.41, 5.74) is 5.33. The van der Waals surface area contributed by atoms with Crippen molar-refractivity contribution in [3.8, 4) is 0 Å². The van der Waals surface area contributed by atoms with Gasteiger partial charge in [-0.1, -0.05) is 24.3 Å². The molecule has 0 saturated carbocycles. The molecule has 22 heavy (non-hydrogen) atoms. The number of carbonyl (C=O) groups excluding carboxylic acids is 2. The Kier molecular flexibility index (Phi) is 4.00. The van der Waals surface area contributed by atoms with Crippen LogP contribution in [0.3, 0.4) is 0 Å². The Bertz CT molecular complexity index is 720. The van der Waals surface area contributed by atoms with E-state index in [1.54, 1.807) is 12.1 Å².